The maximum Gasteiger partial charge on any atom is 0.261 e. The third kappa shape index (κ3) is 3.65. The molecule has 1 amide bonds. The topological polar surface area (TPSA) is 60.5 Å². The van der Waals surface area contributed by atoms with Crippen molar-refractivity contribution < 1.29 is 23.0 Å². The largest absolute Gasteiger partial charge is 0.496 e. The lowest BCUT2D eigenvalue weighted by molar-refractivity contribution is 0.102. The van der Waals surface area contributed by atoms with E-state index in [1.165, 1.54) is 49.8 Å². The van der Waals surface area contributed by atoms with Crippen molar-refractivity contribution in [2.24, 2.45) is 0 Å². The van der Waals surface area contributed by atoms with Crippen molar-refractivity contribution in [2.45, 2.75) is 0 Å². The van der Waals surface area contributed by atoms with Crippen molar-refractivity contribution in [1.29, 1.82) is 0 Å². The first-order valence-electron chi connectivity index (χ1n) is 7.46. The number of nitrogens with one attached hydrogen (secondary N) is 1. The predicted octanol–water partition coefficient (Wildman–Crippen LogP) is 4.36. The number of halogens is 2. The summed E-state index contributed by atoms with van der Waals surface area (Å²) >= 11 is 1.17. The molecule has 8 heteroatoms. The van der Waals surface area contributed by atoms with Crippen molar-refractivity contribution >= 4 is 22.4 Å². The molecule has 0 aliphatic heterocycles. The Morgan fingerprint density at radius 2 is 1.81 bits per heavy atom. The molecule has 0 atom stereocenters. The summed E-state index contributed by atoms with van der Waals surface area (Å²) in [6, 6.07) is 8.13. The summed E-state index contributed by atoms with van der Waals surface area (Å²) in [5.74, 6) is -1.23. The van der Waals surface area contributed by atoms with E-state index in [1.807, 2.05) is 0 Å². The minimum Gasteiger partial charge on any atom is -0.496 e. The van der Waals surface area contributed by atoms with Crippen LogP contribution in [0.4, 0.5) is 13.9 Å². The number of methoxy groups -OCH3 is 2. The van der Waals surface area contributed by atoms with Crippen LogP contribution in [-0.4, -0.2) is 25.1 Å². The van der Waals surface area contributed by atoms with Crippen molar-refractivity contribution in [1.82, 2.24) is 4.98 Å². The standard InChI is InChI=1S/C18H14F2N2O3S/c1-24-15-6-4-11(19)8-12(15)17(23)22-18-21-14(9-26-18)10-3-5-16(25-2)13(20)7-10/h3-9H,1-2H3,(H,21,22,23). The smallest absolute Gasteiger partial charge is 0.261 e. The molecule has 3 aromatic rings. The van der Waals surface area contributed by atoms with Gasteiger partial charge in [0.2, 0.25) is 0 Å². The maximum absolute atomic E-state index is 13.8. The molecule has 0 aliphatic rings. The third-order valence-electron chi connectivity index (χ3n) is 3.58. The van der Waals surface area contributed by atoms with Gasteiger partial charge in [-0.05, 0) is 36.4 Å². The van der Waals surface area contributed by atoms with Crippen LogP contribution >= 0.6 is 11.3 Å². The van der Waals surface area contributed by atoms with Gasteiger partial charge >= 0.3 is 0 Å². The number of rotatable bonds is 5. The first kappa shape index (κ1) is 17.8. The normalized spacial score (nSPS) is 10.5. The van der Waals surface area contributed by atoms with Crippen LogP contribution in [0.1, 0.15) is 10.4 Å². The van der Waals surface area contributed by atoms with Crippen LogP contribution in [-0.2, 0) is 0 Å². The molecule has 2 aromatic carbocycles. The van der Waals surface area contributed by atoms with Gasteiger partial charge in [0.1, 0.15) is 11.6 Å². The van der Waals surface area contributed by atoms with Gasteiger partial charge in [-0.3, -0.25) is 10.1 Å². The fourth-order valence-electron chi connectivity index (χ4n) is 2.31. The second-order valence-electron chi connectivity index (χ2n) is 5.19. The maximum atomic E-state index is 13.8. The van der Waals surface area contributed by atoms with Gasteiger partial charge in [0.25, 0.3) is 5.91 Å². The van der Waals surface area contributed by atoms with E-state index in [9.17, 15) is 13.6 Å². The van der Waals surface area contributed by atoms with E-state index in [2.05, 4.69) is 10.3 Å². The number of benzene rings is 2. The molecule has 0 saturated heterocycles. The molecule has 0 radical (unpaired) electrons. The van der Waals surface area contributed by atoms with Crippen molar-refractivity contribution in [3.63, 3.8) is 0 Å². The second-order valence-corrected chi connectivity index (χ2v) is 6.04. The lowest BCUT2D eigenvalue weighted by atomic mass is 10.1. The van der Waals surface area contributed by atoms with Gasteiger partial charge < -0.3 is 9.47 Å². The fraction of sp³-hybridized carbons (Fsp3) is 0.111. The van der Waals surface area contributed by atoms with Gasteiger partial charge in [0, 0.05) is 10.9 Å². The van der Waals surface area contributed by atoms with E-state index in [0.717, 1.165) is 6.07 Å². The molecule has 0 bridgehead atoms. The van der Waals surface area contributed by atoms with Crippen LogP contribution in [0.2, 0.25) is 0 Å². The van der Waals surface area contributed by atoms with Gasteiger partial charge in [-0.1, -0.05) is 0 Å². The molecule has 134 valence electrons. The second kappa shape index (κ2) is 7.49. The number of hydrogen-bond acceptors (Lipinski definition) is 5. The first-order valence-corrected chi connectivity index (χ1v) is 8.34. The van der Waals surface area contributed by atoms with Gasteiger partial charge in [0.05, 0.1) is 25.5 Å². The number of nitrogens with zero attached hydrogens (tertiary/aromatic N) is 1. The highest BCUT2D eigenvalue weighted by atomic mass is 32.1. The minimum absolute atomic E-state index is 0.0553. The van der Waals surface area contributed by atoms with Gasteiger partial charge in [-0.15, -0.1) is 11.3 Å². The van der Waals surface area contributed by atoms with Crippen molar-refractivity contribution in [2.75, 3.05) is 19.5 Å². The lowest BCUT2D eigenvalue weighted by Crippen LogP contribution is -2.13. The first-order chi connectivity index (χ1) is 12.5. The van der Waals surface area contributed by atoms with Gasteiger partial charge in [-0.25, -0.2) is 13.8 Å². The lowest BCUT2D eigenvalue weighted by Gasteiger charge is -2.07. The molecular formula is C18H14F2N2O3S. The molecule has 0 saturated carbocycles. The fourth-order valence-corrected chi connectivity index (χ4v) is 3.03. The molecule has 5 nitrogen and oxygen atoms in total. The number of ether oxygens (including phenoxy) is 2. The average molecular weight is 376 g/mol. The summed E-state index contributed by atoms with van der Waals surface area (Å²) in [5.41, 5.74) is 1.10. The highest BCUT2D eigenvalue weighted by Gasteiger charge is 2.16. The van der Waals surface area contributed by atoms with E-state index >= 15 is 0 Å². The number of carbonyl (C=O) groups is 1. The molecule has 0 fully saturated rings. The highest BCUT2D eigenvalue weighted by Crippen LogP contribution is 2.29. The summed E-state index contributed by atoms with van der Waals surface area (Å²) in [4.78, 5) is 16.6. The quantitative estimate of drug-likeness (QED) is 0.719. The Morgan fingerprint density at radius 1 is 1.08 bits per heavy atom. The van der Waals surface area contributed by atoms with Crippen LogP contribution in [0, 0.1) is 11.6 Å². The SMILES string of the molecule is COc1ccc(-c2csc(NC(=O)c3cc(F)ccc3OC)n2)cc1F. The predicted molar refractivity (Wildman–Crippen MR) is 95.0 cm³/mol. The van der Waals surface area contributed by atoms with E-state index in [4.69, 9.17) is 9.47 Å². The zero-order valence-electron chi connectivity index (χ0n) is 13.9. The average Bonchev–Trinajstić information content (AvgIpc) is 3.10. The molecule has 1 N–H and O–H groups in total. The summed E-state index contributed by atoms with van der Waals surface area (Å²) in [6.07, 6.45) is 0. The number of hydrogen-bond donors (Lipinski definition) is 1. The summed E-state index contributed by atoms with van der Waals surface area (Å²) in [6.45, 7) is 0. The third-order valence-corrected chi connectivity index (χ3v) is 4.34. The van der Waals surface area contributed by atoms with Crippen LogP contribution in [0.3, 0.4) is 0 Å². The zero-order valence-corrected chi connectivity index (χ0v) is 14.7. The minimum atomic E-state index is -0.553. The Kier molecular flexibility index (Phi) is 5.13. The van der Waals surface area contributed by atoms with E-state index < -0.39 is 17.5 Å². The van der Waals surface area contributed by atoms with Crippen LogP contribution in [0.5, 0.6) is 11.5 Å². The molecule has 0 spiro atoms. The molecule has 0 unspecified atom stereocenters. The Morgan fingerprint density at radius 3 is 2.50 bits per heavy atom. The van der Waals surface area contributed by atoms with Crippen molar-refractivity contribution in [3.8, 4) is 22.8 Å². The van der Waals surface area contributed by atoms with E-state index in [-0.39, 0.29) is 17.1 Å². The Bertz CT molecular complexity index is 959. The molecular weight excluding hydrogens is 362 g/mol. The number of carbonyl (C=O) groups excluding carboxylic acids is 1. The number of amides is 1. The number of thiazole rings is 1. The monoisotopic (exact) mass is 376 g/mol. The molecule has 26 heavy (non-hydrogen) atoms. The van der Waals surface area contributed by atoms with Crippen LogP contribution in [0.15, 0.2) is 41.8 Å². The Balaban J connectivity index is 1.81. The molecule has 3 rings (SSSR count). The molecule has 1 aromatic heterocycles. The highest BCUT2D eigenvalue weighted by molar-refractivity contribution is 7.14. The van der Waals surface area contributed by atoms with Gasteiger partial charge in [-0.2, -0.15) is 0 Å². The summed E-state index contributed by atoms with van der Waals surface area (Å²) in [5, 5.41) is 4.57. The summed E-state index contributed by atoms with van der Waals surface area (Å²) in [7, 11) is 2.78. The number of aromatic nitrogens is 1. The Hall–Kier alpha value is -3.00. The van der Waals surface area contributed by atoms with E-state index in [1.54, 1.807) is 11.4 Å². The van der Waals surface area contributed by atoms with Crippen LogP contribution < -0.4 is 14.8 Å². The molecule has 0 aliphatic carbocycles. The van der Waals surface area contributed by atoms with Crippen LogP contribution in [0.25, 0.3) is 11.3 Å². The zero-order chi connectivity index (χ0) is 18.7. The van der Waals surface area contributed by atoms with Crippen molar-refractivity contribution in [3.05, 3.63) is 59.0 Å². The Labute approximate surface area is 152 Å². The number of anilines is 1. The van der Waals surface area contributed by atoms with E-state index in [0.29, 0.717) is 16.4 Å². The molecule has 1 heterocycles. The van der Waals surface area contributed by atoms with Gasteiger partial charge in [0.15, 0.2) is 16.7 Å². The summed E-state index contributed by atoms with van der Waals surface area (Å²) < 4.78 is 37.2.